The minimum atomic E-state index is -0.748. The standard InChI is InChI=1S/C17H14FN3O3/c1-11(16(22)20-14-4-2-3-13(18)9-14)24-15-7-5-12(6-8-15)17-21-19-10-23-17/h2-11H,1H3,(H,20,22)/t11-/m1/s1. The number of benzene rings is 2. The summed E-state index contributed by atoms with van der Waals surface area (Å²) in [7, 11) is 0. The van der Waals surface area contributed by atoms with Gasteiger partial charge in [0.05, 0.1) is 0 Å². The Kier molecular flexibility index (Phi) is 4.51. The van der Waals surface area contributed by atoms with Gasteiger partial charge < -0.3 is 14.5 Å². The molecule has 0 unspecified atom stereocenters. The van der Waals surface area contributed by atoms with Crippen LogP contribution in [0.2, 0.25) is 0 Å². The van der Waals surface area contributed by atoms with Crippen molar-refractivity contribution in [3.63, 3.8) is 0 Å². The fourth-order valence-corrected chi connectivity index (χ4v) is 2.04. The summed E-state index contributed by atoms with van der Waals surface area (Å²) >= 11 is 0. The molecule has 0 bridgehead atoms. The predicted molar refractivity (Wildman–Crippen MR) is 84.9 cm³/mol. The second-order valence-corrected chi connectivity index (χ2v) is 5.03. The average Bonchev–Trinajstić information content (AvgIpc) is 3.10. The molecule has 1 heterocycles. The van der Waals surface area contributed by atoms with Crippen LogP contribution in [-0.2, 0) is 4.79 Å². The van der Waals surface area contributed by atoms with Crippen molar-refractivity contribution in [3.8, 4) is 17.2 Å². The maximum absolute atomic E-state index is 13.1. The first-order valence-corrected chi connectivity index (χ1v) is 7.21. The quantitative estimate of drug-likeness (QED) is 0.778. The minimum Gasteiger partial charge on any atom is -0.481 e. The van der Waals surface area contributed by atoms with Crippen LogP contribution in [0, 0.1) is 5.82 Å². The molecule has 0 saturated heterocycles. The van der Waals surface area contributed by atoms with Crippen molar-refractivity contribution in [2.24, 2.45) is 0 Å². The molecule has 0 saturated carbocycles. The van der Waals surface area contributed by atoms with Crippen molar-refractivity contribution >= 4 is 11.6 Å². The van der Waals surface area contributed by atoms with Gasteiger partial charge in [0, 0.05) is 11.3 Å². The lowest BCUT2D eigenvalue weighted by molar-refractivity contribution is -0.122. The van der Waals surface area contributed by atoms with E-state index in [1.807, 2.05) is 0 Å². The fourth-order valence-electron chi connectivity index (χ4n) is 2.04. The molecule has 1 amide bonds. The van der Waals surface area contributed by atoms with E-state index in [0.29, 0.717) is 17.3 Å². The number of hydrogen-bond acceptors (Lipinski definition) is 5. The Morgan fingerprint density at radius 3 is 2.71 bits per heavy atom. The Morgan fingerprint density at radius 1 is 1.25 bits per heavy atom. The van der Waals surface area contributed by atoms with E-state index < -0.39 is 11.9 Å². The highest BCUT2D eigenvalue weighted by atomic mass is 19.1. The summed E-state index contributed by atoms with van der Waals surface area (Å²) in [4.78, 5) is 12.1. The van der Waals surface area contributed by atoms with Crippen molar-refractivity contribution < 1.29 is 18.3 Å². The predicted octanol–water partition coefficient (Wildman–Crippen LogP) is 3.28. The van der Waals surface area contributed by atoms with Crippen LogP contribution in [0.4, 0.5) is 10.1 Å². The number of ether oxygens (including phenoxy) is 1. The van der Waals surface area contributed by atoms with Crippen LogP contribution in [0.1, 0.15) is 6.92 Å². The molecule has 24 heavy (non-hydrogen) atoms. The Hall–Kier alpha value is -3.22. The highest BCUT2D eigenvalue weighted by Gasteiger charge is 2.15. The molecule has 0 aliphatic carbocycles. The van der Waals surface area contributed by atoms with E-state index in [1.54, 1.807) is 37.3 Å². The van der Waals surface area contributed by atoms with Crippen molar-refractivity contribution in [2.75, 3.05) is 5.32 Å². The van der Waals surface area contributed by atoms with E-state index in [-0.39, 0.29) is 5.91 Å². The molecule has 6 nitrogen and oxygen atoms in total. The summed E-state index contributed by atoms with van der Waals surface area (Å²) in [5, 5.41) is 10.0. The maximum atomic E-state index is 13.1. The van der Waals surface area contributed by atoms with Gasteiger partial charge in [-0.3, -0.25) is 4.79 Å². The van der Waals surface area contributed by atoms with Gasteiger partial charge in [-0.2, -0.15) is 0 Å². The number of hydrogen-bond donors (Lipinski definition) is 1. The summed E-state index contributed by atoms with van der Waals surface area (Å²) in [6.07, 6.45) is 0.501. The zero-order chi connectivity index (χ0) is 16.9. The van der Waals surface area contributed by atoms with Gasteiger partial charge in [0.1, 0.15) is 11.6 Å². The highest BCUT2D eigenvalue weighted by Crippen LogP contribution is 2.21. The lowest BCUT2D eigenvalue weighted by Crippen LogP contribution is -2.30. The van der Waals surface area contributed by atoms with Crippen molar-refractivity contribution in [3.05, 3.63) is 60.7 Å². The third kappa shape index (κ3) is 3.75. The Bertz CT molecular complexity index is 819. The van der Waals surface area contributed by atoms with Crippen LogP contribution >= 0.6 is 0 Å². The fraction of sp³-hybridized carbons (Fsp3) is 0.118. The molecule has 2 aromatic carbocycles. The number of amides is 1. The van der Waals surface area contributed by atoms with Gasteiger partial charge in [-0.25, -0.2) is 4.39 Å². The van der Waals surface area contributed by atoms with Crippen LogP contribution in [0.5, 0.6) is 5.75 Å². The number of anilines is 1. The molecule has 0 radical (unpaired) electrons. The smallest absolute Gasteiger partial charge is 0.265 e. The van der Waals surface area contributed by atoms with E-state index in [2.05, 4.69) is 15.5 Å². The Morgan fingerprint density at radius 2 is 2.04 bits per heavy atom. The second kappa shape index (κ2) is 6.91. The van der Waals surface area contributed by atoms with Crippen LogP contribution in [0.25, 0.3) is 11.5 Å². The van der Waals surface area contributed by atoms with Crippen LogP contribution in [0.15, 0.2) is 59.3 Å². The zero-order valence-corrected chi connectivity index (χ0v) is 12.8. The van der Waals surface area contributed by atoms with E-state index >= 15 is 0 Å². The number of nitrogens with one attached hydrogen (secondary N) is 1. The third-order valence-electron chi connectivity index (χ3n) is 3.24. The number of carbonyl (C=O) groups excluding carboxylic acids is 1. The first-order valence-electron chi connectivity index (χ1n) is 7.21. The molecule has 7 heteroatoms. The van der Waals surface area contributed by atoms with Gasteiger partial charge in [-0.1, -0.05) is 6.07 Å². The van der Waals surface area contributed by atoms with Crippen molar-refractivity contribution in [1.29, 1.82) is 0 Å². The minimum absolute atomic E-state index is 0.374. The van der Waals surface area contributed by atoms with Crippen molar-refractivity contribution in [2.45, 2.75) is 13.0 Å². The van der Waals surface area contributed by atoms with Gasteiger partial charge in [0.15, 0.2) is 6.10 Å². The lowest BCUT2D eigenvalue weighted by atomic mass is 10.2. The molecule has 1 atom stereocenters. The number of carbonyl (C=O) groups is 1. The number of halogens is 1. The average molecular weight is 327 g/mol. The zero-order valence-electron chi connectivity index (χ0n) is 12.8. The van der Waals surface area contributed by atoms with Crippen molar-refractivity contribution in [1.82, 2.24) is 10.2 Å². The maximum Gasteiger partial charge on any atom is 0.265 e. The molecular formula is C17H14FN3O3. The van der Waals surface area contributed by atoms with Crippen LogP contribution in [0.3, 0.4) is 0 Å². The topological polar surface area (TPSA) is 77.2 Å². The third-order valence-corrected chi connectivity index (χ3v) is 3.24. The SMILES string of the molecule is C[C@@H](Oc1ccc(-c2nnco2)cc1)C(=O)Nc1cccc(F)c1. The molecule has 0 aliphatic rings. The van der Waals surface area contributed by atoms with Crippen LogP contribution in [-0.4, -0.2) is 22.2 Å². The molecule has 0 aliphatic heterocycles. The number of aromatic nitrogens is 2. The number of nitrogens with zero attached hydrogens (tertiary/aromatic N) is 2. The summed E-state index contributed by atoms with van der Waals surface area (Å²) < 4.78 is 23.8. The molecule has 1 aromatic heterocycles. The van der Waals surface area contributed by atoms with Gasteiger partial charge >= 0.3 is 0 Å². The monoisotopic (exact) mass is 327 g/mol. The normalized spacial score (nSPS) is 11.8. The van der Waals surface area contributed by atoms with Gasteiger partial charge in [0.2, 0.25) is 12.3 Å². The van der Waals surface area contributed by atoms with Crippen LogP contribution < -0.4 is 10.1 Å². The highest BCUT2D eigenvalue weighted by molar-refractivity contribution is 5.94. The Labute approximate surface area is 137 Å². The lowest BCUT2D eigenvalue weighted by Gasteiger charge is -2.15. The first-order chi connectivity index (χ1) is 11.6. The molecule has 3 rings (SSSR count). The van der Waals surface area contributed by atoms with E-state index in [9.17, 15) is 9.18 Å². The van der Waals surface area contributed by atoms with Gasteiger partial charge in [-0.15, -0.1) is 10.2 Å². The molecule has 1 N–H and O–H groups in total. The van der Waals surface area contributed by atoms with Gasteiger partial charge in [-0.05, 0) is 49.4 Å². The van der Waals surface area contributed by atoms with E-state index in [0.717, 1.165) is 5.56 Å². The Balaban J connectivity index is 1.61. The largest absolute Gasteiger partial charge is 0.481 e. The summed E-state index contributed by atoms with van der Waals surface area (Å²) in [5.41, 5.74) is 1.12. The summed E-state index contributed by atoms with van der Waals surface area (Å²) in [6.45, 7) is 1.61. The molecule has 0 spiro atoms. The summed E-state index contributed by atoms with van der Waals surface area (Å²) in [6, 6.07) is 12.6. The number of rotatable bonds is 5. The van der Waals surface area contributed by atoms with Gasteiger partial charge in [0.25, 0.3) is 5.91 Å². The molecule has 0 fully saturated rings. The summed E-state index contributed by atoms with van der Waals surface area (Å²) in [5.74, 6) is 0.123. The molecule has 122 valence electrons. The molecular weight excluding hydrogens is 313 g/mol. The molecule has 3 aromatic rings. The van der Waals surface area contributed by atoms with E-state index in [1.165, 1.54) is 24.6 Å². The first kappa shape index (κ1) is 15.7. The second-order valence-electron chi connectivity index (χ2n) is 5.03. The van der Waals surface area contributed by atoms with E-state index in [4.69, 9.17) is 9.15 Å².